The number of hydrogen-bond donors (Lipinski definition) is 3. The monoisotopic (exact) mass is 278 g/mol. The van der Waals surface area contributed by atoms with Crippen LogP contribution in [0.25, 0.3) is 0 Å². The molecule has 0 radical (unpaired) electrons. The van der Waals surface area contributed by atoms with Crippen molar-refractivity contribution in [3.8, 4) is 0 Å². The van der Waals surface area contributed by atoms with Gasteiger partial charge in [0.1, 0.15) is 11.5 Å². The summed E-state index contributed by atoms with van der Waals surface area (Å²) in [5.41, 5.74) is 1.01. The number of nitrogens with zero attached hydrogens (tertiary/aromatic N) is 1. The Kier molecular flexibility index (Phi) is 5.96. The lowest BCUT2D eigenvalue weighted by Crippen LogP contribution is -2.37. The van der Waals surface area contributed by atoms with E-state index in [1.165, 1.54) is 6.33 Å². The lowest BCUT2D eigenvalue weighted by atomic mass is 10.2. The van der Waals surface area contributed by atoms with Crippen LogP contribution in [0.15, 0.2) is 18.2 Å². The Morgan fingerprint density at radius 1 is 1.40 bits per heavy atom. The molecule has 2 amide bonds. The van der Waals surface area contributed by atoms with Crippen LogP contribution in [0.5, 0.6) is 0 Å². The molecule has 3 N–H and O–H groups in total. The third kappa shape index (κ3) is 4.53. The van der Waals surface area contributed by atoms with Crippen molar-refractivity contribution in [3.05, 3.63) is 29.6 Å². The summed E-state index contributed by atoms with van der Waals surface area (Å²) >= 11 is 0. The van der Waals surface area contributed by atoms with Gasteiger partial charge in [0.2, 0.25) is 5.91 Å². The number of nitrogens with one attached hydrogen (secondary N) is 3. The number of rotatable bonds is 6. The highest BCUT2D eigenvalue weighted by molar-refractivity contribution is 5.95. The number of hydrogen-bond acceptors (Lipinski definition) is 3. The summed E-state index contributed by atoms with van der Waals surface area (Å²) in [6, 6.07) is 0. The van der Waals surface area contributed by atoms with E-state index in [1.54, 1.807) is 26.8 Å². The molecule has 0 saturated carbocycles. The largest absolute Gasteiger partial charge is 0.348 e. The van der Waals surface area contributed by atoms with Crippen molar-refractivity contribution in [2.75, 3.05) is 0 Å². The second-order valence-corrected chi connectivity index (χ2v) is 4.88. The molecule has 6 heteroatoms. The lowest BCUT2D eigenvalue weighted by molar-refractivity contribution is -0.123. The minimum absolute atomic E-state index is 0.133. The van der Waals surface area contributed by atoms with Gasteiger partial charge < -0.3 is 15.6 Å². The molecule has 0 bridgehead atoms. The zero-order valence-electron chi connectivity index (χ0n) is 12.4. The molecule has 0 atom stereocenters. The van der Waals surface area contributed by atoms with E-state index in [0.717, 1.165) is 12.8 Å². The fourth-order valence-corrected chi connectivity index (χ4v) is 1.47. The summed E-state index contributed by atoms with van der Waals surface area (Å²) in [4.78, 5) is 30.6. The normalized spacial score (nSPS) is 11.6. The van der Waals surface area contributed by atoms with Gasteiger partial charge in [0.05, 0.1) is 6.33 Å². The topological polar surface area (TPSA) is 86.9 Å². The van der Waals surface area contributed by atoms with Gasteiger partial charge >= 0.3 is 0 Å². The predicted octanol–water partition coefficient (Wildman–Crippen LogP) is 1.86. The smallest absolute Gasteiger partial charge is 0.277 e. The quantitative estimate of drug-likeness (QED) is 0.742. The highest BCUT2D eigenvalue weighted by Gasteiger charge is 2.15. The van der Waals surface area contributed by atoms with Crippen LogP contribution in [0.1, 0.15) is 49.8 Å². The van der Waals surface area contributed by atoms with E-state index in [4.69, 9.17) is 0 Å². The molecule has 110 valence electrons. The Balaban J connectivity index is 2.77. The minimum Gasteiger partial charge on any atom is -0.348 e. The first-order valence-corrected chi connectivity index (χ1v) is 6.78. The van der Waals surface area contributed by atoms with Crippen LogP contribution in [0.4, 0.5) is 0 Å². The van der Waals surface area contributed by atoms with E-state index in [-0.39, 0.29) is 17.7 Å². The molecule has 0 saturated heterocycles. The van der Waals surface area contributed by atoms with Gasteiger partial charge in [-0.25, -0.2) is 4.98 Å². The van der Waals surface area contributed by atoms with Gasteiger partial charge in [-0.2, -0.15) is 0 Å². The molecule has 6 nitrogen and oxygen atoms in total. The number of carbonyl (C=O) groups excluding carboxylic acids is 2. The summed E-state index contributed by atoms with van der Waals surface area (Å²) < 4.78 is 0. The average molecular weight is 278 g/mol. The molecule has 1 rings (SSSR count). The molecule has 0 unspecified atom stereocenters. The van der Waals surface area contributed by atoms with E-state index in [9.17, 15) is 9.59 Å². The number of allylic oxidation sites excluding steroid dienone is 1. The Hall–Kier alpha value is -2.11. The number of aromatic nitrogens is 2. The van der Waals surface area contributed by atoms with Crippen molar-refractivity contribution in [3.63, 3.8) is 0 Å². The number of H-pyrrole nitrogens is 1. The zero-order chi connectivity index (χ0) is 15.1. The van der Waals surface area contributed by atoms with Crippen molar-refractivity contribution < 1.29 is 9.59 Å². The maximum Gasteiger partial charge on any atom is 0.277 e. The van der Waals surface area contributed by atoms with Gasteiger partial charge in [0.15, 0.2) is 0 Å². The van der Waals surface area contributed by atoms with Crippen LogP contribution in [-0.4, -0.2) is 21.8 Å². The van der Waals surface area contributed by atoms with Gasteiger partial charge in [-0.05, 0) is 19.4 Å². The predicted molar refractivity (Wildman–Crippen MR) is 76.8 cm³/mol. The van der Waals surface area contributed by atoms with E-state index >= 15 is 0 Å². The number of amides is 2. The Morgan fingerprint density at radius 2 is 2.10 bits per heavy atom. The standard InChI is InChI=1S/C14H22N4O2/c1-5-6-7-11(17-13(19)9(2)3)18-14(20)12-10(4)15-8-16-12/h7-9H,5-6H2,1-4H3,(H,15,16)(H,17,19)(H,18,20)/b11-7+. The molecule has 20 heavy (non-hydrogen) atoms. The van der Waals surface area contributed by atoms with Crippen LogP contribution in [-0.2, 0) is 4.79 Å². The first kappa shape index (κ1) is 15.9. The Morgan fingerprint density at radius 3 is 2.60 bits per heavy atom. The summed E-state index contributed by atoms with van der Waals surface area (Å²) in [7, 11) is 0. The van der Waals surface area contributed by atoms with Crippen LogP contribution in [0, 0.1) is 12.8 Å². The fraction of sp³-hybridized carbons (Fsp3) is 0.500. The molecular weight excluding hydrogens is 256 g/mol. The molecule has 0 aliphatic rings. The highest BCUT2D eigenvalue weighted by Crippen LogP contribution is 2.03. The average Bonchev–Trinajstić information content (AvgIpc) is 2.81. The zero-order valence-corrected chi connectivity index (χ0v) is 12.4. The maximum atomic E-state index is 12.1. The van der Waals surface area contributed by atoms with E-state index in [0.29, 0.717) is 17.2 Å². The third-order valence-corrected chi connectivity index (χ3v) is 2.71. The Labute approximate surface area is 119 Å². The van der Waals surface area contributed by atoms with Crippen molar-refractivity contribution in [1.82, 2.24) is 20.6 Å². The molecule has 0 aliphatic heterocycles. The fourth-order valence-electron chi connectivity index (χ4n) is 1.47. The molecular formula is C14H22N4O2. The Bertz CT molecular complexity index is 503. The van der Waals surface area contributed by atoms with Gasteiger partial charge in [0.25, 0.3) is 5.91 Å². The van der Waals surface area contributed by atoms with E-state index < -0.39 is 0 Å². The minimum atomic E-state index is -0.338. The molecule has 0 spiro atoms. The molecule has 1 heterocycles. The number of carbonyl (C=O) groups is 2. The summed E-state index contributed by atoms with van der Waals surface area (Å²) in [5, 5.41) is 5.40. The second-order valence-electron chi connectivity index (χ2n) is 4.88. The van der Waals surface area contributed by atoms with Gasteiger partial charge in [-0.15, -0.1) is 0 Å². The van der Waals surface area contributed by atoms with Gasteiger partial charge in [-0.1, -0.05) is 27.2 Å². The maximum absolute atomic E-state index is 12.1. The van der Waals surface area contributed by atoms with E-state index in [1.807, 2.05) is 6.92 Å². The highest BCUT2D eigenvalue weighted by atomic mass is 16.2. The third-order valence-electron chi connectivity index (χ3n) is 2.71. The number of unbranched alkanes of at least 4 members (excludes halogenated alkanes) is 1. The number of aromatic amines is 1. The van der Waals surface area contributed by atoms with Crippen LogP contribution < -0.4 is 10.6 Å². The van der Waals surface area contributed by atoms with Crippen molar-refractivity contribution in [2.45, 2.75) is 40.5 Å². The molecule has 0 fully saturated rings. The molecule has 0 aromatic carbocycles. The first-order valence-electron chi connectivity index (χ1n) is 6.78. The van der Waals surface area contributed by atoms with Crippen molar-refractivity contribution in [1.29, 1.82) is 0 Å². The first-order chi connectivity index (χ1) is 9.45. The molecule has 1 aromatic heterocycles. The molecule has 1 aromatic rings. The van der Waals surface area contributed by atoms with Gasteiger partial charge in [0, 0.05) is 11.6 Å². The van der Waals surface area contributed by atoms with Gasteiger partial charge in [-0.3, -0.25) is 9.59 Å². The van der Waals surface area contributed by atoms with Crippen LogP contribution in [0.2, 0.25) is 0 Å². The summed E-state index contributed by atoms with van der Waals surface area (Å²) in [6.07, 6.45) is 4.97. The van der Waals surface area contributed by atoms with Crippen molar-refractivity contribution in [2.24, 2.45) is 5.92 Å². The van der Waals surface area contributed by atoms with Crippen LogP contribution in [0.3, 0.4) is 0 Å². The number of imidazole rings is 1. The number of aryl methyl sites for hydroxylation is 1. The second kappa shape index (κ2) is 7.47. The van der Waals surface area contributed by atoms with Crippen LogP contribution >= 0.6 is 0 Å². The SMILES string of the molecule is CCC/C=C(/NC(=O)c1nc[nH]c1C)NC(=O)C(C)C. The molecule has 0 aliphatic carbocycles. The lowest BCUT2D eigenvalue weighted by Gasteiger charge is -2.13. The summed E-state index contributed by atoms with van der Waals surface area (Å²) in [5.74, 6) is -0.205. The van der Waals surface area contributed by atoms with E-state index in [2.05, 4.69) is 20.6 Å². The summed E-state index contributed by atoms with van der Waals surface area (Å²) in [6.45, 7) is 7.39. The van der Waals surface area contributed by atoms with Crippen molar-refractivity contribution >= 4 is 11.8 Å².